The molecule has 0 aliphatic heterocycles. The van der Waals surface area contributed by atoms with Crippen molar-refractivity contribution >= 4 is 11.6 Å². The molecule has 0 spiro atoms. The second-order valence-corrected chi connectivity index (χ2v) is 6.16. The molecule has 0 aliphatic rings. The summed E-state index contributed by atoms with van der Waals surface area (Å²) in [5.41, 5.74) is -1.02. The summed E-state index contributed by atoms with van der Waals surface area (Å²) in [6, 6.07) is 12.0. The van der Waals surface area contributed by atoms with E-state index in [9.17, 15) is 18.0 Å². The van der Waals surface area contributed by atoms with Gasteiger partial charge in [-0.05, 0) is 43.3 Å². The number of anilines is 1. The molecule has 0 atom stereocenters. The van der Waals surface area contributed by atoms with Gasteiger partial charge < -0.3 is 15.4 Å². The number of ether oxygens (including phenoxy) is 1. The molecule has 0 saturated carbocycles. The van der Waals surface area contributed by atoms with E-state index in [1.807, 2.05) is 19.1 Å². The molecule has 3 aromatic rings. The molecule has 2 N–H and O–H groups in total. The van der Waals surface area contributed by atoms with Gasteiger partial charge in [0.2, 0.25) is 0 Å². The zero-order valence-corrected chi connectivity index (χ0v) is 16.1. The van der Waals surface area contributed by atoms with Crippen LogP contribution in [-0.4, -0.2) is 40.4 Å². The van der Waals surface area contributed by atoms with Crippen LogP contribution in [0.2, 0.25) is 0 Å². The summed E-state index contributed by atoms with van der Waals surface area (Å²) in [6.45, 7) is 2.91. The van der Waals surface area contributed by atoms with Crippen LogP contribution in [0.4, 0.5) is 18.9 Å². The molecule has 1 aromatic carbocycles. The van der Waals surface area contributed by atoms with E-state index in [-0.39, 0.29) is 12.4 Å². The highest BCUT2D eigenvalue weighted by Gasteiger charge is 2.39. The largest absolute Gasteiger partial charge is 0.494 e. The standard InChI is InChI=1S/C20H20F3N5O2/c1-2-30-15-8-6-14(7-9-15)24-11-12-26-19(29)16-13-28(17-5-3-4-10-25-17)27-18(16)20(21,22)23/h3-10,13,24H,2,11-12H2,1H3,(H,26,29). The first kappa shape index (κ1) is 21.2. The minimum Gasteiger partial charge on any atom is -0.494 e. The van der Waals surface area contributed by atoms with Crippen molar-refractivity contribution in [3.8, 4) is 11.6 Å². The molecule has 0 saturated heterocycles. The highest BCUT2D eigenvalue weighted by Crippen LogP contribution is 2.31. The average Bonchev–Trinajstić information content (AvgIpc) is 3.19. The van der Waals surface area contributed by atoms with Crippen LogP contribution in [0.1, 0.15) is 23.0 Å². The Morgan fingerprint density at radius 2 is 1.90 bits per heavy atom. The fraction of sp³-hybridized carbons (Fsp3) is 0.250. The van der Waals surface area contributed by atoms with Crippen molar-refractivity contribution in [1.82, 2.24) is 20.1 Å². The summed E-state index contributed by atoms with van der Waals surface area (Å²) < 4.78 is 46.3. The number of benzene rings is 1. The number of amides is 1. The van der Waals surface area contributed by atoms with Gasteiger partial charge in [0, 0.05) is 31.2 Å². The van der Waals surface area contributed by atoms with E-state index in [1.165, 1.54) is 12.3 Å². The Hall–Kier alpha value is -3.56. The molecule has 30 heavy (non-hydrogen) atoms. The SMILES string of the molecule is CCOc1ccc(NCCNC(=O)c2cn(-c3ccccn3)nc2C(F)(F)F)cc1. The van der Waals surface area contributed by atoms with E-state index < -0.39 is 23.3 Å². The third-order valence-electron chi connectivity index (χ3n) is 4.02. The van der Waals surface area contributed by atoms with Crippen molar-refractivity contribution in [3.63, 3.8) is 0 Å². The van der Waals surface area contributed by atoms with Crippen molar-refractivity contribution in [2.75, 3.05) is 25.0 Å². The Kier molecular flexibility index (Phi) is 6.55. The van der Waals surface area contributed by atoms with E-state index >= 15 is 0 Å². The maximum Gasteiger partial charge on any atom is 0.435 e. The smallest absolute Gasteiger partial charge is 0.435 e. The van der Waals surface area contributed by atoms with Gasteiger partial charge in [-0.1, -0.05) is 6.07 Å². The fourth-order valence-corrected chi connectivity index (χ4v) is 2.67. The van der Waals surface area contributed by atoms with E-state index in [2.05, 4.69) is 20.7 Å². The number of carbonyl (C=O) groups is 1. The second-order valence-electron chi connectivity index (χ2n) is 6.16. The summed E-state index contributed by atoms with van der Waals surface area (Å²) in [4.78, 5) is 16.3. The molecule has 10 heteroatoms. The van der Waals surface area contributed by atoms with Gasteiger partial charge in [-0.3, -0.25) is 4.79 Å². The predicted molar refractivity (Wildman–Crippen MR) is 105 cm³/mol. The molecule has 1 amide bonds. The van der Waals surface area contributed by atoms with Crippen LogP contribution >= 0.6 is 0 Å². The molecule has 0 unspecified atom stereocenters. The van der Waals surface area contributed by atoms with Crippen LogP contribution in [0.5, 0.6) is 5.75 Å². The van der Waals surface area contributed by atoms with Gasteiger partial charge in [0.05, 0.1) is 12.2 Å². The molecule has 158 valence electrons. The number of nitrogens with one attached hydrogen (secondary N) is 2. The Labute approximate surface area is 170 Å². The number of pyridine rings is 1. The number of alkyl halides is 3. The van der Waals surface area contributed by atoms with Crippen LogP contribution in [0, 0.1) is 0 Å². The number of carbonyl (C=O) groups excluding carboxylic acids is 1. The van der Waals surface area contributed by atoms with Crippen LogP contribution < -0.4 is 15.4 Å². The normalized spacial score (nSPS) is 11.2. The van der Waals surface area contributed by atoms with Crippen molar-refractivity contribution in [2.45, 2.75) is 13.1 Å². The molecule has 3 rings (SSSR count). The van der Waals surface area contributed by atoms with Crippen molar-refractivity contribution in [1.29, 1.82) is 0 Å². The zero-order chi connectivity index (χ0) is 21.6. The highest BCUT2D eigenvalue weighted by atomic mass is 19.4. The van der Waals surface area contributed by atoms with Crippen molar-refractivity contribution < 1.29 is 22.7 Å². The van der Waals surface area contributed by atoms with E-state index in [1.54, 1.807) is 24.3 Å². The molecular weight excluding hydrogens is 399 g/mol. The Bertz CT molecular complexity index is 972. The lowest BCUT2D eigenvalue weighted by atomic mass is 10.2. The first-order valence-electron chi connectivity index (χ1n) is 9.21. The van der Waals surface area contributed by atoms with Crippen LogP contribution in [0.3, 0.4) is 0 Å². The topological polar surface area (TPSA) is 81.1 Å². The Morgan fingerprint density at radius 1 is 1.13 bits per heavy atom. The molecule has 0 radical (unpaired) electrons. The third-order valence-corrected chi connectivity index (χ3v) is 4.02. The van der Waals surface area contributed by atoms with Gasteiger partial charge in [-0.25, -0.2) is 9.67 Å². The fourth-order valence-electron chi connectivity index (χ4n) is 2.67. The minimum absolute atomic E-state index is 0.123. The predicted octanol–water partition coefficient (Wildman–Crippen LogP) is 3.53. The van der Waals surface area contributed by atoms with Gasteiger partial charge in [0.15, 0.2) is 11.5 Å². The van der Waals surface area contributed by atoms with E-state index in [0.717, 1.165) is 22.3 Å². The van der Waals surface area contributed by atoms with Gasteiger partial charge in [-0.2, -0.15) is 18.3 Å². The number of nitrogens with zero attached hydrogens (tertiary/aromatic N) is 3. The molecule has 0 bridgehead atoms. The molecular formula is C20H20F3N5O2. The maximum absolute atomic E-state index is 13.3. The number of aromatic nitrogens is 3. The monoisotopic (exact) mass is 419 g/mol. The summed E-state index contributed by atoms with van der Waals surface area (Å²) in [5.74, 6) is 0.0539. The molecule has 7 nitrogen and oxygen atoms in total. The van der Waals surface area contributed by atoms with Crippen LogP contribution in [-0.2, 0) is 6.18 Å². The Morgan fingerprint density at radius 3 is 2.53 bits per heavy atom. The maximum atomic E-state index is 13.3. The Balaban J connectivity index is 1.62. The first-order chi connectivity index (χ1) is 14.4. The molecule has 2 heterocycles. The minimum atomic E-state index is -4.77. The number of hydrogen-bond donors (Lipinski definition) is 2. The van der Waals surface area contributed by atoms with Crippen molar-refractivity contribution in [3.05, 3.63) is 66.1 Å². The second kappa shape index (κ2) is 9.29. The number of hydrogen-bond acceptors (Lipinski definition) is 5. The lowest BCUT2D eigenvalue weighted by Gasteiger charge is -2.10. The summed E-state index contributed by atoms with van der Waals surface area (Å²) in [5, 5.41) is 9.06. The third kappa shape index (κ3) is 5.28. The quantitative estimate of drug-likeness (QED) is 0.546. The van der Waals surface area contributed by atoms with Gasteiger partial charge in [0.25, 0.3) is 5.91 Å². The van der Waals surface area contributed by atoms with E-state index in [4.69, 9.17) is 4.74 Å². The number of rotatable bonds is 8. The van der Waals surface area contributed by atoms with Gasteiger partial charge in [-0.15, -0.1) is 0 Å². The molecule has 0 fully saturated rings. The van der Waals surface area contributed by atoms with Gasteiger partial charge in [0.1, 0.15) is 5.75 Å². The summed E-state index contributed by atoms with van der Waals surface area (Å²) in [6.07, 6.45) is -2.32. The summed E-state index contributed by atoms with van der Waals surface area (Å²) >= 11 is 0. The summed E-state index contributed by atoms with van der Waals surface area (Å²) in [7, 11) is 0. The van der Waals surface area contributed by atoms with E-state index in [0.29, 0.717) is 13.2 Å². The zero-order valence-electron chi connectivity index (χ0n) is 16.1. The van der Waals surface area contributed by atoms with Crippen molar-refractivity contribution in [2.24, 2.45) is 0 Å². The molecule has 2 aromatic heterocycles. The number of halogens is 3. The van der Waals surface area contributed by atoms with Crippen LogP contribution in [0.15, 0.2) is 54.9 Å². The lowest BCUT2D eigenvalue weighted by molar-refractivity contribution is -0.141. The van der Waals surface area contributed by atoms with Gasteiger partial charge >= 0.3 is 6.18 Å². The highest BCUT2D eigenvalue weighted by molar-refractivity contribution is 5.95. The van der Waals surface area contributed by atoms with Crippen LogP contribution in [0.25, 0.3) is 5.82 Å². The average molecular weight is 419 g/mol. The lowest BCUT2D eigenvalue weighted by Crippen LogP contribution is -2.30. The molecule has 0 aliphatic carbocycles. The first-order valence-corrected chi connectivity index (χ1v) is 9.21.